The van der Waals surface area contributed by atoms with Gasteiger partial charge in [-0.25, -0.2) is 0 Å². The van der Waals surface area contributed by atoms with Gasteiger partial charge in [-0.1, -0.05) is 42.5 Å². The molecule has 0 saturated heterocycles. The first kappa shape index (κ1) is 22.1. The molecule has 5 rings (SSSR count). The third-order valence-corrected chi connectivity index (χ3v) is 6.07. The van der Waals surface area contributed by atoms with Crippen LogP contribution in [0.2, 0.25) is 0 Å². The molecule has 0 unspecified atom stereocenters. The number of alkyl halides is 3. The number of H-pyrrole nitrogens is 1. The van der Waals surface area contributed by atoms with E-state index in [-0.39, 0.29) is 6.42 Å². The van der Waals surface area contributed by atoms with Crippen molar-refractivity contribution in [2.24, 2.45) is 4.99 Å². The SMILES string of the molecule is FC(F)(F)c1cccc(Cc2nnc(Cc3c[nH]c4ccccc34)n2CCCC2=CCC=N2)c1. The monoisotopic (exact) mass is 463 g/mol. The molecule has 8 heteroatoms. The Morgan fingerprint density at radius 2 is 1.79 bits per heavy atom. The van der Waals surface area contributed by atoms with Gasteiger partial charge in [-0.15, -0.1) is 10.2 Å². The van der Waals surface area contributed by atoms with Gasteiger partial charge in [-0.2, -0.15) is 13.2 Å². The van der Waals surface area contributed by atoms with E-state index in [1.807, 2.05) is 30.6 Å². The lowest BCUT2D eigenvalue weighted by Crippen LogP contribution is -2.10. The van der Waals surface area contributed by atoms with Crippen LogP contribution in [0.5, 0.6) is 0 Å². The van der Waals surface area contributed by atoms with Gasteiger partial charge in [-0.3, -0.25) is 4.99 Å². The summed E-state index contributed by atoms with van der Waals surface area (Å²) < 4.78 is 41.6. The maximum atomic E-state index is 13.2. The number of allylic oxidation sites excluding steroid dienone is 2. The van der Waals surface area contributed by atoms with Crippen molar-refractivity contribution in [2.45, 2.75) is 44.8 Å². The molecule has 0 bridgehead atoms. The number of aromatic nitrogens is 4. The van der Waals surface area contributed by atoms with Crippen LogP contribution < -0.4 is 0 Å². The highest BCUT2D eigenvalue weighted by atomic mass is 19.4. The van der Waals surface area contributed by atoms with E-state index >= 15 is 0 Å². The van der Waals surface area contributed by atoms with Crippen molar-refractivity contribution in [1.29, 1.82) is 0 Å². The third-order valence-electron chi connectivity index (χ3n) is 6.07. The van der Waals surface area contributed by atoms with Crippen LogP contribution in [0.15, 0.2) is 71.5 Å². The molecule has 1 N–H and O–H groups in total. The minimum absolute atomic E-state index is 0.283. The van der Waals surface area contributed by atoms with Crippen molar-refractivity contribution < 1.29 is 13.2 Å². The van der Waals surface area contributed by atoms with Gasteiger partial charge in [-0.05, 0) is 36.1 Å². The molecule has 0 fully saturated rings. The van der Waals surface area contributed by atoms with Crippen molar-refractivity contribution in [3.05, 3.63) is 94.8 Å². The second kappa shape index (κ2) is 9.29. The molecule has 0 saturated carbocycles. The van der Waals surface area contributed by atoms with Crippen molar-refractivity contribution in [3.8, 4) is 0 Å². The Morgan fingerprint density at radius 3 is 2.59 bits per heavy atom. The summed E-state index contributed by atoms with van der Waals surface area (Å²) in [6.07, 6.45) is 5.04. The second-order valence-electron chi connectivity index (χ2n) is 8.44. The molecule has 4 aromatic rings. The zero-order chi connectivity index (χ0) is 23.5. The Bertz CT molecular complexity index is 1360. The summed E-state index contributed by atoms with van der Waals surface area (Å²) in [6.45, 7) is 0.672. The molecule has 0 aliphatic carbocycles. The minimum atomic E-state index is -4.38. The fourth-order valence-corrected chi connectivity index (χ4v) is 4.38. The van der Waals surface area contributed by atoms with Gasteiger partial charge < -0.3 is 9.55 Å². The van der Waals surface area contributed by atoms with E-state index in [0.29, 0.717) is 24.4 Å². The van der Waals surface area contributed by atoms with Crippen LogP contribution in [-0.2, 0) is 25.6 Å². The number of hydrogen-bond acceptors (Lipinski definition) is 3. The number of benzene rings is 2. The molecule has 0 amide bonds. The molecule has 174 valence electrons. The number of fused-ring (bicyclic) bond motifs is 1. The maximum Gasteiger partial charge on any atom is 0.416 e. The summed E-state index contributed by atoms with van der Waals surface area (Å²) in [4.78, 5) is 7.67. The first-order valence-electron chi connectivity index (χ1n) is 11.3. The lowest BCUT2D eigenvalue weighted by molar-refractivity contribution is -0.137. The molecule has 3 heterocycles. The third kappa shape index (κ3) is 4.81. The first-order valence-corrected chi connectivity index (χ1v) is 11.3. The fraction of sp³-hybridized carbons (Fsp3) is 0.269. The average Bonchev–Trinajstić information content (AvgIpc) is 3.56. The lowest BCUT2D eigenvalue weighted by atomic mass is 10.1. The minimum Gasteiger partial charge on any atom is -0.361 e. The molecule has 0 spiro atoms. The lowest BCUT2D eigenvalue weighted by Gasteiger charge is -2.12. The summed E-state index contributed by atoms with van der Waals surface area (Å²) >= 11 is 0. The number of para-hydroxylation sites is 1. The highest BCUT2D eigenvalue weighted by Crippen LogP contribution is 2.30. The normalized spacial score (nSPS) is 13.7. The van der Waals surface area contributed by atoms with Crippen LogP contribution in [0.3, 0.4) is 0 Å². The number of rotatable bonds is 8. The molecule has 2 aromatic heterocycles. The van der Waals surface area contributed by atoms with Gasteiger partial charge in [0, 0.05) is 54.8 Å². The number of aliphatic imine (C=N–C) groups is 1. The Balaban J connectivity index is 1.42. The van der Waals surface area contributed by atoms with Crippen LogP contribution >= 0.6 is 0 Å². The zero-order valence-electron chi connectivity index (χ0n) is 18.5. The van der Waals surface area contributed by atoms with E-state index in [0.717, 1.165) is 53.3 Å². The Labute approximate surface area is 195 Å². The van der Waals surface area contributed by atoms with Gasteiger partial charge in [0.15, 0.2) is 0 Å². The molecular formula is C26H24F3N5. The van der Waals surface area contributed by atoms with E-state index in [1.165, 1.54) is 12.1 Å². The second-order valence-corrected chi connectivity index (χ2v) is 8.44. The summed E-state index contributed by atoms with van der Waals surface area (Å²) in [5.74, 6) is 1.47. The fourth-order valence-electron chi connectivity index (χ4n) is 4.38. The summed E-state index contributed by atoms with van der Waals surface area (Å²) in [5, 5.41) is 9.97. The molecule has 1 aliphatic rings. The van der Waals surface area contributed by atoms with Gasteiger partial charge in [0.2, 0.25) is 0 Å². The number of hydrogen-bond donors (Lipinski definition) is 1. The molecule has 5 nitrogen and oxygen atoms in total. The Kier molecular flexibility index (Phi) is 6.04. The highest BCUT2D eigenvalue weighted by Gasteiger charge is 2.30. The van der Waals surface area contributed by atoms with Gasteiger partial charge in [0.05, 0.1) is 5.56 Å². The first-order chi connectivity index (χ1) is 16.5. The molecule has 0 atom stereocenters. The van der Waals surface area contributed by atoms with Crippen LogP contribution in [0.1, 0.15) is 47.6 Å². The van der Waals surface area contributed by atoms with E-state index in [1.54, 1.807) is 6.07 Å². The van der Waals surface area contributed by atoms with Gasteiger partial charge in [0.1, 0.15) is 11.6 Å². The number of nitrogens with one attached hydrogen (secondary N) is 1. The quantitative estimate of drug-likeness (QED) is 0.343. The Hall–Kier alpha value is -3.68. The number of nitrogens with zero attached hydrogens (tertiary/aromatic N) is 4. The molecule has 2 aromatic carbocycles. The van der Waals surface area contributed by atoms with E-state index in [9.17, 15) is 13.2 Å². The van der Waals surface area contributed by atoms with Crippen molar-refractivity contribution >= 4 is 17.1 Å². The van der Waals surface area contributed by atoms with Crippen LogP contribution in [0.4, 0.5) is 13.2 Å². The zero-order valence-corrected chi connectivity index (χ0v) is 18.5. The van der Waals surface area contributed by atoms with Crippen LogP contribution in [0, 0.1) is 0 Å². The van der Waals surface area contributed by atoms with E-state index < -0.39 is 11.7 Å². The molecule has 34 heavy (non-hydrogen) atoms. The van der Waals surface area contributed by atoms with E-state index in [2.05, 4.69) is 36.9 Å². The number of aromatic amines is 1. The predicted molar refractivity (Wildman–Crippen MR) is 126 cm³/mol. The van der Waals surface area contributed by atoms with Crippen molar-refractivity contribution in [3.63, 3.8) is 0 Å². The molecule has 0 radical (unpaired) electrons. The van der Waals surface area contributed by atoms with Crippen molar-refractivity contribution in [2.75, 3.05) is 0 Å². The largest absolute Gasteiger partial charge is 0.416 e. The average molecular weight is 464 g/mol. The smallest absolute Gasteiger partial charge is 0.361 e. The molecular weight excluding hydrogens is 439 g/mol. The summed E-state index contributed by atoms with van der Waals surface area (Å²) in [6, 6.07) is 13.5. The van der Waals surface area contributed by atoms with Gasteiger partial charge >= 0.3 is 6.18 Å². The summed E-state index contributed by atoms with van der Waals surface area (Å²) in [7, 11) is 0. The standard InChI is InChI=1S/C26H24F3N5/c27-26(28,29)20-7-3-6-18(14-20)15-24-32-33-25(34(24)13-5-9-21-8-4-12-30-21)16-19-17-31-23-11-2-1-10-22(19)23/h1-3,6-8,10-12,14,17,31H,4-5,9,13,15-16H2. The topological polar surface area (TPSA) is 58.9 Å². The number of halogens is 3. The predicted octanol–water partition coefficient (Wildman–Crippen LogP) is 6.10. The highest BCUT2D eigenvalue weighted by molar-refractivity contribution is 5.83. The van der Waals surface area contributed by atoms with Gasteiger partial charge in [0.25, 0.3) is 0 Å². The molecule has 1 aliphatic heterocycles. The van der Waals surface area contributed by atoms with Crippen LogP contribution in [0.25, 0.3) is 10.9 Å². The van der Waals surface area contributed by atoms with Crippen LogP contribution in [-0.4, -0.2) is 26.0 Å². The van der Waals surface area contributed by atoms with Crippen molar-refractivity contribution in [1.82, 2.24) is 19.7 Å². The Morgan fingerprint density at radius 1 is 0.971 bits per heavy atom. The summed E-state index contributed by atoms with van der Waals surface area (Å²) in [5.41, 5.74) is 3.15. The van der Waals surface area contributed by atoms with E-state index in [4.69, 9.17) is 0 Å². The maximum absolute atomic E-state index is 13.2.